The quantitative estimate of drug-likeness (QED) is 0.789. The van der Waals surface area contributed by atoms with Gasteiger partial charge in [-0.15, -0.1) is 0 Å². The van der Waals surface area contributed by atoms with Crippen LogP contribution in [0.25, 0.3) is 0 Å². The number of ether oxygens (including phenoxy) is 1. The lowest BCUT2D eigenvalue weighted by molar-refractivity contribution is 0.0965. The Kier molecular flexibility index (Phi) is 3.26. The molecule has 102 valence electrons. The van der Waals surface area contributed by atoms with Crippen molar-refractivity contribution in [3.8, 4) is 5.75 Å². The smallest absolute Gasteiger partial charge is 0.166 e. The van der Waals surface area contributed by atoms with Crippen molar-refractivity contribution in [2.75, 3.05) is 7.11 Å². The highest BCUT2D eigenvalue weighted by Gasteiger charge is 2.45. The Morgan fingerprint density at radius 1 is 1.15 bits per heavy atom. The Labute approximate surface area is 117 Å². The van der Waals surface area contributed by atoms with Gasteiger partial charge in [-0.25, -0.2) is 4.39 Å². The van der Waals surface area contributed by atoms with Gasteiger partial charge >= 0.3 is 0 Å². The molecule has 0 saturated heterocycles. The van der Waals surface area contributed by atoms with E-state index < -0.39 is 0 Å². The van der Waals surface area contributed by atoms with Crippen LogP contribution in [0.2, 0.25) is 0 Å². The minimum Gasteiger partial charge on any atom is -0.497 e. The van der Waals surface area contributed by atoms with E-state index in [1.54, 1.807) is 43.5 Å². The van der Waals surface area contributed by atoms with Crippen LogP contribution in [0.5, 0.6) is 5.75 Å². The minimum absolute atomic E-state index is 0.0193. The predicted molar refractivity (Wildman–Crippen MR) is 74.6 cm³/mol. The second kappa shape index (κ2) is 5.08. The number of benzene rings is 2. The molecule has 1 saturated carbocycles. The predicted octanol–water partition coefficient (Wildman–Crippen LogP) is 3.82. The number of methoxy groups -OCH3 is 1. The monoisotopic (exact) mass is 270 g/mol. The summed E-state index contributed by atoms with van der Waals surface area (Å²) in [4.78, 5) is 12.3. The number of hydrogen-bond donors (Lipinski definition) is 0. The van der Waals surface area contributed by atoms with Crippen molar-refractivity contribution in [1.29, 1.82) is 0 Å². The molecule has 0 N–H and O–H groups in total. The fourth-order valence-corrected chi connectivity index (χ4v) is 2.57. The van der Waals surface area contributed by atoms with Crippen LogP contribution in [0.1, 0.15) is 28.3 Å². The summed E-state index contributed by atoms with van der Waals surface area (Å²) in [5, 5.41) is 0. The van der Waals surface area contributed by atoms with E-state index in [0.29, 0.717) is 11.1 Å². The molecule has 1 aliphatic carbocycles. The third-order valence-corrected chi connectivity index (χ3v) is 3.81. The summed E-state index contributed by atoms with van der Waals surface area (Å²) in [6.07, 6.45) is 0.728. The first-order valence-electron chi connectivity index (χ1n) is 6.63. The first kappa shape index (κ1) is 12.9. The SMILES string of the molecule is COc1ccc(C(=O)C2CC2c2ccccc2F)cc1. The standard InChI is InChI=1S/C17H15FO2/c1-20-12-8-6-11(7-9-12)17(19)15-10-14(15)13-4-2-3-5-16(13)18/h2-9,14-15H,10H2,1H3. The van der Waals surface area contributed by atoms with E-state index in [1.807, 2.05) is 6.07 Å². The molecule has 0 amide bonds. The molecule has 2 nitrogen and oxygen atoms in total. The summed E-state index contributed by atoms with van der Waals surface area (Å²) in [5.41, 5.74) is 1.31. The molecule has 1 fully saturated rings. The fourth-order valence-electron chi connectivity index (χ4n) is 2.57. The van der Waals surface area contributed by atoms with E-state index in [0.717, 1.165) is 12.2 Å². The van der Waals surface area contributed by atoms with Crippen molar-refractivity contribution >= 4 is 5.78 Å². The zero-order valence-electron chi connectivity index (χ0n) is 11.2. The van der Waals surface area contributed by atoms with Crippen molar-refractivity contribution in [3.05, 3.63) is 65.5 Å². The Hall–Kier alpha value is -2.16. The van der Waals surface area contributed by atoms with Crippen molar-refractivity contribution < 1.29 is 13.9 Å². The Bertz CT molecular complexity index is 634. The molecular weight excluding hydrogens is 255 g/mol. The van der Waals surface area contributed by atoms with Crippen LogP contribution < -0.4 is 4.74 Å². The lowest BCUT2D eigenvalue weighted by Gasteiger charge is -2.04. The molecule has 3 rings (SSSR count). The molecule has 2 unspecified atom stereocenters. The number of carbonyl (C=O) groups excluding carboxylic acids is 1. The van der Waals surface area contributed by atoms with Crippen molar-refractivity contribution in [2.24, 2.45) is 5.92 Å². The number of hydrogen-bond acceptors (Lipinski definition) is 2. The Balaban J connectivity index is 1.75. The van der Waals surface area contributed by atoms with Crippen LogP contribution in [0.15, 0.2) is 48.5 Å². The zero-order valence-corrected chi connectivity index (χ0v) is 11.2. The normalized spacial score (nSPS) is 20.5. The highest BCUT2D eigenvalue weighted by molar-refractivity contribution is 6.00. The molecule has 3 heteroatoms. The topological polar surface area (TPSA) is 26.3 Å². The second-order valence-corrected chi connectivity index (χ2v) is 5.06. The van der Waals surface area contributed by atoms with Crippen molar-refractivity contribution in [3.63, 3.8) is 0 Å². The first-order chi connectivity index (χ1) is 9.70. The largest absolute Gasteiger partial charge is 0.497 e. The van der Waals surface area contributed by atoms with E-state index in [1.165, 1.54) is 6.07 Å². The van der Waals surface area contributed by atoms with Gasteiger partial charge in [0.15, 0.2) is 5.78 Å². The van der Waals surface area contributed by atoms with E-state index in [-0.39, 0.29) is 23.4 Å². The summed E-state index contributed by atoms with van der Waals surface area (Å²) in [7, 11) is 1.59. The number of rotatable bonds is 4. The van der Waals surface area contributed by atoms with E-state index >= 15 is 0 Å². The molecule has 1 aliphatic rings. The molecule has 2 atom stereocenters. The molecule has 0 aromatic heterocycles. The highest BCUT2D eigenvalue weighted by Crippen LogP contribution is 2.49. The van der Waals surface area contributed by atoms with Gasteiger partial charge in [-0.1, -0.05) is 18.2 Å². The van der Waals surface area contributed by atoms with Gasteiger partial charge in [0, 0.05) is 11.5 Å². The van der Waals surface area contributed by atoms with Crippen LogP contribution in [-0.4, -0.2) is 12.9 Å². The maximum absolute atomic E-state index is 13.7. The lowest BCUT2D eigenvalue weighted by Crippen LogP contribution is -2.03. The summed E-state index contributed by atoms with van der Waals surface area (Å²) in [5.74, 6) is 0.512. The molecule has 0 spiro atoms. The molecule has 0 radical (unpaired) electrons. The Morgan fingerprint density at radius 2 is 1.85 bits per heavy atom. The third kappa shape index (κ3) is 2.31. The van der Waals surface area contributed by atoms with Crippen LogP contribution in [0.4, 0.5) is 4.39 Å². The van der Waals surface area contributed by atoms with E-state index in [9.17, 15) is 9.18 Å². The van der Waals surface area contributed by atoms with Gasteiger partial charge in [-0.3, -0.25) is 4.79 Å². The van der Waals surface area contributed by atoms with Gasteiger partial charge in [0.2, 0.25) is 0 Å². The summed E-state index contributed by atoms with van der Waals surface area (Å²) >= 11 is 0. The second-order valence-electron chi connectivity index (χ2n) is 5.06. The third-order valence-electron chi connectivity index (χ3n) is 3.81. The van der Waals surface area contributed by atoms with Crippen LogP contribution in [0.3, 0.4) is 0 Å². The molecule has 0 bridgehead atoms. The van der Waals surface area contributed by atoms with Crippen molar-refractivity contribution in [2.45, 2.75) is 12.3 Å². The maximum Gasteiger partial charge on any atom is 0.166 e. The number of ketones is 1. The molecule has 2 aromatic rings. The average molecular weight is 270 g/mol. The zero-order chi connectivity index (χ0) is 14.1. The molecule has 0 aliphatic heterocycles. The lowest BCUT2D eigenvalue weighted by atomic mass is 10.0. The number of carbonyl (C=O) groups is 1. The summed E-state index contributed by atoms with van der Waals surface area (Å²) < 4.78 is 18.8. The van der Waals surface area contributed by atoms with E-state index in [2.05, 4.69) is 0 Å². The van der Waals surface area contributed by atoms with Gasteiger partial charge in [0.1, 0.15) is 11.6 Å². The number of halogens is 1. The van der Waals surface area contributed by atoms with Gasteiger partial charge < -0.3 is 4.74 Å². The average Bonchev–Trinajstić information content (AvgIpc) is 3.27. The Morgan fingerprint density at radius 3 is 2.50 bits per heavy atom. The molecular formula is C17H15FO2. The van der Waals surface area contributed by atoms with Gasteiger partial charge in [-0.2, -0.15) is 0 Å². The minimum atomic E-state index is -0.220. The molecule has 20 heavy (non-hydrogen) atoms. The number of Topliss-reactive ketones (excluding diaryl/α,β-unsaturated/α-hetero) is 1. The molecule has 2 aromatic carbocycles. The van der Waals surface area contributed by atoms with Crippen molar-refractivity contribution in [1.82, 2.24) is 0 Å². The van der Waals surface area contributed by atoms with Crippen LogP contribution >= 0.6 is 0 Å². The fraction of sp³-hybridized carbons (Fsp3) is 0.235. The van der Waals surface area contributed by atoms with E-state index in [4.69, 9.17) is 4.74 Å². The van der Waals surface area contributed by atoms with Gasteiger partial charge in [0.05, 0.1) is 7.11 Å². The van der Waals surface area contributed by atoms with Crippen LogP contribution in [-0.2, 0) is 0 Å². The van der Waals surface area contributed by atoms with Gasteiger partial charge in [0.25, 0.3) is 0 Å². The summed E-state index contributed by atoms with van der Waals surface area (Å²) in [6, 6.07) is 13.8. The summed E-state index contributed by atoms with van der Waals surface area (Å²) in [6.45, 7) is 0. The first-order valence-corrected chi connectivity index (χ1v) is 6.63. The van der Waals surface area contributed by atoms with Crippen LogP contribution in [0, 0.1) is 11.7 Å². The maximum atomic E-state index is 13.7. The van der Waals surface area contributed by atoms with Gasteiger partial charge in [-0.05, 0) is 48.2 Å². The highest BCUT2D eigenvalue weighted by atomic mass is 19.1. The molecule has 0 heterocycles.